The molecular formula is C22H17N3O6. The van der Waals surface area contributed by atoms with Gasteiger partial charge in [0.15, 0.2) is 12.4 Å². The lowest BCUT2D eigenvalue weighted by Crippen LogP contribution is -2.22. The number of benzene rings is 3. The van der Waals surface area contributed by atoms with Crippen LogP contribution >= 0.6 is 0 Å². The van der Waals surface area contributed by atoms with E-state index in [1.165, 1.54) is 6.07 Å². The molecule has 0 aromatic heterocycles. The summed E-state index contributed by atoms with van der Waals surface area (Å²) in [4.78, 5) is 47.4. The quantitative estimate of drug-likeness (QED) is 0.197. The number of non-ortho nitro benzene ring substituents is 1. The predicted octanol–water partition coefficient (Wildman–Crippen LogP) is 3.20. The molecule has 3 aromatic rings. The van der Waals surface area contributed by atoms with Gasteiger partial charge in [0.05, 0.1) is 16.2 Å². The summed E-state index contributed by atoms with van der Waals surface area (Å²) in [6, 6.07) is 18.3. The van der Waals surface area contributed by atoms with Crippen molar-refractivity contribution in [1.29, 1.82) is 0 Å². The van der Waals surface area contributed by atoms with Gasteiger partial charge in [0, 0.05) is 28.9 Å². The molecule has 0 aliphatic carbocycles. The third-order valence-corrected chi connectivity index (χ3v) is 4.28. The number of nitrogen functional groups attached to an aromatic ring is 1. The standard InChI is InChI=1S/C22H17N3O6/c23-18-11-10-15(25(29)30)12-17(18)22(28)31-13-20(26)24-19-9-5-4-8-16(19)21(27)14-6-2-1-3-7-14/h1-12H,13,23H2,(H,24,26). The van der Waals surface area contributed by atoms with Gasteiger partial charge in [-0.25, -0.2) is 4.79 Å². The number of nitrogens with zero attached hydrogens (tertiary/aromatic N) is 1. The Hall–Kier alpha value is -4.53. The second-order valence-electron chi connectivity index (χ2n) is 6.39. The van der Waals surface area contributed by atoms with Crippen molar-refractivity contribution < 1.29 is 24.0 Å². The average Bonchev–Trinajstić information content (AvgIpc) is 2.78. The van der Waals surface area contributed by atoms with Gasteiger partial charge in [-0.3, -0.25) is 19.7 Å². The van der Waals surface area contributed by atoms with Crippen molar-refractivity contribution in [2.24, 2.45) is 0 Å². The number of esters is 1. The minimum atomic E-state index is -0.981. The maximum absolute atomic E-state index is 12.7. The summed E-state index contributed by atoms with van der Waals surface area (Å²) in [6.45, 7) is -0.672. The normalized spacial score (nSPS) is 10.2. The van der Waals surface area contributed by atoms with E-state index in [1.54, 1.807) is 54.6 Å². The Morgan fingerprint density at radius 3 is 2.32 bits per heavy atom. The molecule has 0 aliphatic heterocycles. The van der Waals surface area contributed by atoms with Crippen molar-refractivity contribution in [3.63, 3.8) is 0 Å². The summed E-state index contributed by atoms with van der Waals surface area (Å²) >= 11 is 0. The molecule has 0 bridgehead atoms. The highest BCUT2D eigenvalue weighted by atomic mass is 16.6. The van der Waals surface area contributed by atoms with Gasteiger partial charge in [0.1, 0.15) is 0 Å². The third kappa shape index (κ3) is 5.10. The molecular weight excluding hydrogens is 402 g/mol. The van der Waals surface area contributed by atoms with E-state index >= 15 is 0 Å². The first-order valence-electron chi connectivity index (χ1n) is 9.06. The van der Waals surface area contributed by atoms with Crippen LogP contribution < -0.4 is 11.1 Å². The number of carbonyl (C=O) groups is 3. The van der Waals surface area contributed by atoms with Crippen LogP contribution in [0, 0.1) is 10.1 Å². The van der Waals surface area contributed by atoms with Gasteiger partial charge in [-0.15, -0.1) is 0 Å². The Bertz CT molecular complexity index is 1160. The second kappa shape index (κ2) is 9.31. The van der Waals surface area contributed by atoms with E-state index in [-0.39, 0.29) is 34.0 Å². The fourth-order valence-electron chi connectivity index (χ4n) is 2.76. The number of nitrogens with one attached hydrogen (secondary N) is 1. The summed E-state index contributed by atoms with van der Waals surface area (Å²) in [7, 11) is 0. The second-order valence-corrected chi connectivity index (χ2v) is 6.39. The first-order chi connectivity index (χ1) is 14.9. The zero-order chi connectivity index (χ0) is 22.4. The van der Waals surface area contributed by atoms with Crippen molar-refractivity contribution in [3.8, 4) is 0 Å². The zero-order valence-corrected chi connectivity index (χ0v) is 16.1. The highest BCUT2D eigenvalue weighted by Gasteiger charge is 2.19. The van der Waals surface area contributed by atoms with Crippen molar-refractivity contribution in [2.75, 3.05) is 17.7 Å². The number of nitrogens with two attached hydrogens (primary N) is 1. The van der Waals surface area contributed by atoms with Crippen LogP contribution in [0.25, 0.3) is 0 Å². The molecule has 31 heavy (non-hydrogen) atoms. The smallest absolute Gasteiger partial charge is 0.341 e. The maximum Gasteiger partial charge on any atom is 0.341 e. The molecule has 0 aliphatic rings. The van der Waals surface area contributed by atoms with Crippen molar-refractivity contribution in [2.45, 2.75) is 0 Å². The lowest BCUT2D eigenvalue weighted by molar-refractivity contribution is -0.384. The number of nitro benzene ring substituents is 1. The van der Waals surface area contributed by atoms with Crippen LogP contribution in [0.4, 0.5) is 17.1 Å². The predicted molar refractivity (Wildman–Crippen MR) is 113 cm³/mol. The van der Waals surface area contributed by atoms with Crippen LogP contribution in [-0.2, 0) is 9.53 Å². The summed E-state index contributed by atoms with van der Waals surface area (Å²) in [5.41, 5.74) is 6.08. The highest BCUT2D eigenvalue weighted by Crippen LogP contribution is 2.21. The summed E-state index contributed by atoms with van der Waals surface area (Å²) in [5, 5.41) is 13.4. The van der Waals surface area contributed by atoms with Crippen molar-refractivity contribution >= 4 is 34.7 Å². The molecule has 0 saturated carbocycles. The van der Waals surface area contributed by atoms with Gasteiger partial charge >= 0.3 is 5.97 Å². The monoisotopic (exact) mass is 419 g/mol. The third-order valence-electron chi connectivity index (χ3n) is 4.28. The molecule has 3 N–H and O–H groups in total. The molecule has 3 aromatic carbocycles. The number of rotatable bonds is 7. The van der Waals surface area contributed by atoms with E-state index in [4.69, 9.17) is 10.5 Å². The van der Waals surface area contributed by atoms with E-state index in [2.05, 4.69) is 5.32 Å². The van der Waals surface area contributed by atoms with Crippen LogP contribution in [0.3, 0.4) is 0 Å². The topological polar surface area (TPSA) is 142 Å². The Balaban J connectivity index is 1.69. The molecule has 0 radical (unpaired) electrons. The number of amides is 1. The molecule has 1 amide bonds. The first-order valence-corrected chi connectivity index (χ1v) is 9.06. The maximum atomic E-state index is 12.7. The van der Waals surface area contributed by atoms with E-state index in [1.807, 2.05) is 0 Å². The molecule has 0 atom stereocenters. The van der Waals surface area contributed by atoms with E-state index in [9.17, 15) is 24.5 Å². The lowest BCUT2D eigenvalue weighted by atomic mass is 10.0. The largest absolute Gasteiger partial charge is 0.452 e. The van der Waals surface area contributed by atoms with Crippen LogP contribution in [0.5, 0.6) is 0 Å². The highest BCUT2D eigenvalue weighted by molar-refractivity contribution is 6.14. The van der Waals surface area contributed by atoms with Crippen LogP contribution in [0.15, 0.2) is 72.8 Å². The van der Waals surface area contributed by atoms with Crippen LogP contribution in [0.2, 0.25) is 0 Å². The van der Waals surface area contributed by atoms with Crippen molar-refractivity contribution in [1.82, 2.24) is 0 Å². The lowest BCUT2D eigenvalue weighted by Gasteiger charge is -2.11. The Morgan fingerprint density at radius 2 is 1.61 bits per heavy atom. The van der Waals surface area contributed by atoms with E-state index < -0.39 is 23.4 Å². The van der Waals surface area contributed by atoms with Gasteiger partial charge in [0.25, 0.3) is 11.6 Å². The summed E-state index contributed by atoms with van der Waals surface area (Å²) in [6.07, 6.45) is 0. The summed E-state index contributed by atoms with van der Waals surface area (Å²) < 4.78 is 4.92. The molecule has 156 valence electrons. The SMILES string of the molecule is Nc1ccc([N+](=O)[O-])cc1C(=O)OCC(=O)Nc1ccccc1C(=O)c1ccccc1. The average molecular weight is 419 g/mol. The number of hydrogen-bond acceptors (Lipinski definition) is 7. The molecule has 9 heteroatoms. The molecule has 3 rings (SSSR count). The Morgan fingerprint density at radius 1 is 0.935 bits per heavy atom. The molecule has 9 nitrogen and oxygen atoms in total. The van der Waals surface area contributed by atoms with Crippen LogP contribution in [-0.4, -0.2) is 29.2 Å². The fourth-order valence-corrected chi connectivity index (χ4v) is 2.76. The van der Waals surface area contributed by atoms with E-state index in [0.29, 0.717) is 5.56 Å². The first kappa shape index (κ1) is 21.2. The summed E-state index contributed by atoms with van der Waals surface area (Å²) in [5.74, 6) is -1.95. The number of carbonyl (C=O) groups excluding carboxylic acids is 3. The Kier molecular flexibility index (Phi) is 6.36. The number of nitro groups is 1. The Labute approximate surface area is 176 Å². The van der Waals surface area contributed by atoms with Crippen molar-refractivity contribution in [3.05, 3.63) is 99.6 Å². The number of ether oxygens (including phenoxy) is 1. The van der Waals surface area contributed by atoms with Gasteiger partial charge in [-0.05, 0) is 18.2 Å². The molecule has 0 fully saturated rings. The minimum absolute atomic E-state index is 0.0187. The minimum Gasteiger partial charge on any atom is -0.452 e. The number of hydrogen-bond donors (Lipinski definition) is 2. The number of ketones is 1. The molecule has 0 heterocycles. The van der Waals surface area contributed by atoms with Gasteiger partial charge in [-0.1, -0.05) is 42.5 Å². The number of para-hydroxylation sites is 1. The molecule has 0 spiro atoms. The van der Waals surface area contributed by atoms with Gasteiger partial charge < -0.3 is 15.8 Å². The van der Waals surface area contributed by atoms with Crippen LogP contribution in [0.1, 0.15) is 26.3 Å². The number of anilines is 2. The van der Waals surface area contributed by atoms with Gasteiger partial charge in [0.2, 0.25) is 0 Å². The van der Waals surface area contributed by atoms with Gasteiger partial charge in [-0.2, -0.15) is 0 Å². The fraction of sp³-hybridized carbons (Fsp3) is 0.0455. The molecule has 0 saturated heterocycles. The zero-order valence-electron chi connectivity index (χ0n) is 16.1. The molecule has 0 unspecified atom stereocenters. The van der Waals surface area contributed by atoms with E-state index in [0.717, 1.165) is 12.1 Å².